The molecule has 4 N–H and O–H groups in total. The highest BCUT2D eigenvalue weighted by molar-refractivity contribution is 6.30. The first-order chi connectivity index (χ1) is 5.25. The number of nitrogens with two attached hydrogens (primary N) is 2. The number of nitrogens with zero attached hydrogens (tertiary/aromatic N) is 1. The van der Waals surface area contributed by atoms with Crippen LogP contribution in [0, 0.1) is 0 Å². The van der Waals surface area contributed by atoms with Crippen LogP contribution in [-0.2, 0) is 0 Å². The molecule has 1 atom stereocenters. The standard InChI is InChI=1S/C7H10ClN3.ClH/c8-7-5(6(10)4-9)2-1-3-11-7;/h1-3,6H,4,9-10H2;1H/t6-;/m0./s1. The van der Waals surface area contributed by atoms with E-state index in [1.165, 1.54) is 0 Å². The number of hydrogen-bond acceptors (Lipinski definition) is 3. The summed E-state index contributed by atoms with van der Waals surface area (Å²) in [6, 6.07) is 3.40. The normalized spacial score (nSPS) is 11.9. The van der Waals surface area contributed by atoms with Crippen LogP contribution in [0.2, 0.25) is 5.15 Å². The van der Waals surface area contributed by atoms with E-state index < -0.39 is 0 Å². The summed E-state index contributed by atoms with van der Waals surface area (Å²) in [5, 5.41) is 0.436. The zero-order chi connectivity index (χ0) is 8.27. The van der Waals surface area contributed by atoms with Crippen LogP contribution in [0.3, 0.4) is 0 Å². The molecule has 1 aromatic heterocycles. The fraction of sp³-hybridized carbons (Fsp3) is 0.286. The average Bonchev–Trinajstić information content (AvgIpc) is 2.04. The van der Waals surface area contributed by atoms with Gasteiger partial charge in [-0.15, -0.1) is 12.4 Å². The first-order valence-corrected chi connectivity index (χ1v) is 3.69. The highest BCUT2D eigenvalue weighted by Gasteiger charge is 2.07. The third kappa shape index (κ3) is 2.60. The van der Waals surface area contributed by atoms with Crippen LogP contribution in [0.5, 0.6) is 0 Å². The lowest BCUT2D eigenvalue weighted by Gasteiger charge is -2.08. The fourth-order valence-corrected chi connectivity index (χ4v) is 1.06. The van der Waals surface area contributed by atoms with Crippen molar-refractivity contribution in [3.63, 3.8) is 0 Å². The van der Waals surface area contributed by atoms with Gasteiger partial charge in [-0.25, -0.2) is 4.98 Å². The van der Waals surface area contributed by atoms with E-state index >= 15 is 0 Å². The van der Waals surface area contributed by atoms with Gasteiger partial charge in [0.05, 0.1) is 0 Å². The summed E-state index contributed by atoms with van der Waals surface area (Å²) >= 11 is 5.75. The van der Waals surface area contributed by atoms with Crippen molar-refractivity contribution in [3.05, 3.63) is 29.0 Å². The molecule has 12 heavy (non-hydrogen) atoms. The molecule has 1 rings (SSSR count). The molecule has 3 nitrogen and oxygen atoms in total. The summed E-state index contributed by atoms with van der Waals surface area (Å²) < 4.78 is 0. The first-order valence-electron chi connectivity index (χ1n) is 3.31. The highest BCUT2D eigenvalue weighted by atomic mass is 35.5. The molecule has 0 aliphatic rings. The van der Waals surface area contributed by atoms with E-state index in [1.54, 1.807) is 12.3 Å². The van der Waals surface area contributed by atoms with Crippen molar-refractivity contribution in [1.29, 1.82) is 0 Å². The molecule has 0 saturated carbocycles. The Morgan fingerprint density at radius 2 is 2.25 bits per heavy atom. The lowest BCUT2D eigenvalue weighted by Crippen LogP contribution is -2.21. The summed E-state index contributed by atoms with van der Waals surface area (Å²) in [6.07, 6.45) is 1.62. The maximum atomic E-state index is 5.75. The molecule has 0 aromatic carbocycles. The molecule has 0 aliphatic carbocycles. The summed E-state index contributed by atoms with van der Waals surface area (Å²) in [6.45, 7) is 0.380. The molecule has 5 heteroatoms. The Morgan fingerprint density at radius 1 is 1.58 bits per heavy atom. The molecule has 0 saturated heterocycles. The quantitative estimate of drug-likeness (QED) is 0.715. The number of hydrogen-bond donors (Lipinski definition) is 2. The second kappa shape index (κ2) is 5.32. The van der Waals surface area contributed by atoms with E-state index in [-0.39, 0.29) is 18.4 Å². The third-order valence-electron chi connectivity index (χ3n) is 1.44. The van der Waals surface area contributed by atoms with Crippen molar-refractivity contribution in [2.75, 3.05) is 6.54 Å². The van der Waals surface area contributed by atoms with Gasteiger partial charge in [0.2, 0.25) is 0 Å². The average molecular weight is 208 g/mol. The number of halogens is 2. The van der Waals surface area contributed by atoms with Crippen LogP contribution < -0.4 is 11.5 Å². The molecular formula is C7H11Cl2N3. The molecule has 0 radical (unpaired) electrons. The molecule has 0 fully saturated rings. The van der Waals surface area contributed by atoms with E-state index in [4.69, 9.17) is 23.1 Å². The second-order valence-corrected chi connectivity index (χ2v) is 2.58. The van der Waals surface area contributed by atoms with Gasteiger partial charge in [-0.1, -0.05) is 17.7 Å². The number of aromatic nitrogens is 1. The number of pyridine rings is 1. The zero-order valence-electron chi connectivity index (χ0n) is 6.40. The molecule has 0 aliphatic heterocycles. The summed E-state index contributed by atoms with van der Waals surface area (Å²) in [7, 11) is 0. The van der Waals surface area contributed by atoms with Crippen molar-refractivity contribution in [1.82, 2.24) is 4.98 Å². The molecule has 0 spiro atoms. The topological polar surface area (TPSA) is 64.9 Å². The second-order valence-electron chi connectivity index (χ2n) is 2.23. The Kier molecular flexibility index (Phi) is 5.17. The van der Waals surface area contributed by atoms with E-state index in [0.29, 0.717) is 11.7 Å². The Balaban J connectivity index is 0.00000121. The van der Waals surface area contributed by atoms with Gasteiger partial charge in [0.15, 0.2) is 0 Å². The van der Waals surface area contributed by atoms with Gasteiger partial charge in [-0.3, -0.25) is 0 Å². The summed E-state index contributed by atoms with van der Waals surface area (Å²) in [4.78, 5) is 3.88. The molecule has 1 heterocycles. The number of rotatable bonds is 2. The molecule has 0 unspecified atom stereocenters. The van der Waals surface area contributed by atoms with Crippen molar-refractivity contribution >= 4 is 24.0 Å². The maximum Gasteiger partial charge on any atom is 0.133 e. The summed E-state index contributed by atoms with van der Waals surface area (Å²) in [5.41, 5.74) is 11.8. The SMILES string of the molecule is Cl.NC[C@H](N)c1cccnc1Cl. The van der Waals surface area contributed by atoms with Crippen LogP contribution in [0.15, 0.2) is 18.3 Å². The van der Waals surface area contributed by atoms with Crippen molar-refractivity contribution in [3.8, 4) is 0 Å². The van der Waals surface area contributed by atoms with Gasteiger partial charge >= 0.3 is 0 Å². The smallest absolute Gasteiger partial charge is 0.133 e. The Hall–Kier alpha value is -0.350. The van der Waals surface area contributed by atoms with E-state index in [9.17, 15) is 0 Å². The fourth-order valence-electron chi connectivity index (χ4n) is 0.802. The van der Waals surface area contributed by atoms with Crippen LogP contribution in [0.25, 0.3) is 0 Å². The van der Waals surface area contributed by atoms with Crippen LogP contribution >= 0.6 is 24.0 Å². The van der Waals surface area contributed by atoms with Crippen molar-refractivity contribution in [2.24, 2.45) is 11.5 Å². The van der Waals surface area contributed by atoms with Crippen molar-refractivity contribution in [2.45, 2.75) is 6.04 Å². The van der Waals surface area contributed by atoms with Crippen LogP contribution in [-0.4, -0.2) is 11.5 Å². The van der Waals surface area contributed by atoms with E-state index in [2.05, 4.69) is 4.98 Å². The van der Waals surface area contributed by atoms with Crippen molar-refractivity contribution < 1.29 is 0 Å². The lowest BCUT2D eigenvalue weighted by molar-refractivity contribution is 0.733. The lowest BCUT2D eigenvalue weighted by atomic mass is 10.1. The predicted molar refractivity (Wildman–Crippen MR) is 52.5 cm³/mol. The van der Waals surface area contributed by atoms with Crippen LogP contribution in [0.1, 0.15) is 11.6 Å². The predicted octanol–water partition coefficient (Wildman–Crippen LogP) is 1.12. The minimum Gasteiger partial charge on any atom is -0.329 e. The molecule has 0 amide bonds. The largest absolute Gasteiger partial charge is 0.329 e. The van der Waals surface area contributed by atoms with Gasteiger partial charge in [0.1, 0.15) is 5.15 Å². The first kappa shape index (κ1) is 11.6. The third-order valence-corrected chi connectivity index (χ3v) is 1.76. The van der Waals surface area contributed by atoms with E-state index in [1.807, 2.05) is 6.07 Å². The Morgan fingerprint density at radius 3 is 2.75 bits per heavy atom. The zero-order valence-corrected chi connectivity index (χ0v) is 7.98. The minimum atomic E-state index is -0.212. The van der Waals surface area contributed by atoms with Gasteiger partial charge in [-0.2, -0.15) is 0 Å². The Bertz CT molecular complexity index is 242. The molecule has 1 aromatic rings. The van der Waals surface area contributed by atoms with Crippen LogP contribution in [0.4, 0.5) is 0 Å². The highest BCUT2D eigenvalue weighted by Crippen LogP contribution is 2.16. The summed E-state index contributed by atoms with van der Waals surface area (Å²) in [5.74, 6) is 0. The minimum absolute atomic E-state index is 0. The van der Waals surface area contributed by atoms with Gasteiger partial charge in [0.25, 0.3) is 0 Å². The van der Waals surface area contributed by atoms with Gasteiger partial charge in [-0.05, 0) is 6.07 Å². The maximum absolute atomic E-state index is 5.75. The van der Waals surface area contributed by atoms with E-state index in [0.717, 1.165) is 5.56 Å². The molecule has 0 bridgehead atoms. The monoisotopic (exact) mass is 207 g/mol. The molecule has 68 valence electrons. The molecular weight excluding hydrogens is 197 g/mol. The van der Waals surface area contributed by atoms with Gasteiger partial charge in [0, 0.05) is 24.3 Å². The van der Waals surface area contributed by atoms with Gasteiger partial charge < -0.3 is 11.5 Å². The Labute approximate surface area is 82.5 Å².